The molecule has 4 nitrogen and oxygen atoms in total. The van der Waals surface area contributed by atoms with Gasteiger partial charge in [-0.05, 0) is 54.7 Å². The average Bonchev–Trinajstić information content (AvgIpc) is 3.04. The number of benzene rings is 2. The van der Waals surface area contributed by atoms with Crippen LogP contribution in [-0.2, 0) is 12.8 Å². The maximum Gasteiger partial charge on any atom is 0.251 e. The summed E-state index contributed by atoms with van der Waals surface area (Å²) in [6, 6.07) is 12.5. The van der Waals surface area contributed by atoms with Crippen LogP contribution in [0.3, 0.4) is 0 Å². The lowest BCUT2D eigenvalue weighted by atomic mass is 9.86. The highest BCUT2D eigenvalue weighted by Gasteiger charge is 2.23. The van der Waals surface area contributed by atoms with Crippen molar-refractivity contribution in [3.05, 3.63) is 59.4 Å². The molecule has 6 heteroatoms. The SMILES string of the molecule is C[C@H]1CCCC[C@H]1NC(=O)c1ccc2nc(SCc3ccc(F)cc3)n(C)c2c1. The number of carbonyl (C=O) groups is 1. The normalized spacial score (nSPS) is 19.4. The summed E-state index contributed by atoms with van der Waals surface area (Å²) < 4.78 is 15.1. The van der Waals surface area contributed by atoms with Gasteiger partial charge in [0.1, 0.15) is 5.82 Å². The molecule has 1 heterocycles. The molecule has 0 spiro atoms. The van der Waals surface area contributed by atoms with Gasteiger partial charge < -0.3 is 9.88 Å². The zero-order valence-electron chi connectivity index (χ0n) is 16.8. The molecule has 152 valence electrons. The fourth-order valence-corrected chi connectivity index (χ4v) is 4.89. The highest BCUT2D eigenvalue weighted by molar-refractivity contribution is 7.98. The van der Waals surface area contributed by atoms with Crippen molar-refractivity contribution in [2.45, 2.75) is 49.6 Å². The van der Waals surface area contributed by atoms with Gasteiger partial charge in [-0.15, -0.1) is 0 Å². The molecule has 1 aliphatic carbocycles. The van der Waals surface area contributed by atoms with E-state index in [1.807, 2.05) is 29.8 Å². The van der Waals surface area contributed by atoms with E-state index in [-0.39, 0.29) is 17.8 Å². The number of hydrogen-bond donors (Lipinski definition) is 1. The molecule has 1 fully saturated rings. The van der Waals surface area contributed by atoms with Crippen LogP contribution < -0.4 is 5.32 Å². The monoisotopic (exact) mass is 411 g/mol. The molecule has 1 amide bonds. The molecule has 1 N–H and O–H groups in total. The molecule has 4 rings (SSSR count). The van der Waals surface area contributed by atoms with Crippen LogP contribution in [0.25, 0.3) is 11.0 Å². The molecular formula is C23H26FN3OS. The Bertz CT molecular complexity index is 1010. The fourth-order valence-electron chi connectivity index (χ4n) is 3.95. The van der Waals surface area contributed by atoms with Gasteiger partial charge in [-0.3, -0.25) is 4.79 Å². The number of aromatic nitrogens is 2. The Morgan fingerprint density at radius 3 is 2.72 bits per heavy atom. The van der Waals surface area contributed by atoms with Crippen molar-refractivity contribution in [3.8, 4) is 0 Å². The summed E-state index contributed by atoms with van der Waals surface area (Å²) in [7, 11) is 1.97. The number of hydrogen-bond acceptors (Lipinski definition) is 3. The van der Waals surface area contributed by atoms with E-state index in [2.05, 4.69) is 12.2 Å². The summed E-state index contributed by atoms with van der Waals surface area (Å²) in [5, 5.41) is 4.10. The largest absolute Gasteiger partial charge is 0.349 e. The van der Waals surface area contributed by atoms with E-state index >= 15 is 0 Å². The summed E-state index contributed by atoms with van der Waals surface area (Å²) in [5.41, 5.74) is 3.53. The molecular weight excluding hydrogens is 385 g/mol. The lowest BCUT2D eigenvalue weighted by Gasteiger charge is -2.29. The molecule has 2 aromatic carbocycles. The van der Waals surface area contributed by atoms with E-state index in [1.54, 1.807) is 23.9 Å². The van der Waals surface area contributed by atoms with Crippen molar-refractivity contribution >= 4 is 28.7 Å². The topological polar surface area (TPSA) is 46.9 Å². The summed E-state index contributed by atoms with van der Waals surface area (Å²) in [6.07, 6.45) is 4.68. The van der Waals surface area contributed by atoms with Crippen LogP contribution in [0.2, 0.25) is 0 Å². The number of nitrogens with one attached hydrogen (secondary N) is 1. The Kier molecular flexibility index (Phi) is 5.90. The fraction of sp³-hybridized carbons (Fsp3) is 0.391. The Morgan fingerprint density at radius 2 is 1.97 bits per heavy atom. The van der Waals surface area contributed by atoms with Crippen molar-refractivity contribution in [3.63, 3.8) is 0 Å². The number of nitrogens with zero attached hydrogens (tertiary/aromatic N) is 2. The first-order valence-corrected chi connectivity index (χ1v) is 11.1. The van der Waals surface area contributed by atoms with Gasteiger partial charge in [-0.1, -0.05) is 43.7 Å². The first kappa shape index (κ1) is 20.0. The third kappa shape index (κ3) is 4.47. The second-order valence-corrected chi connectivity index (χ2v) is 8.86. The van der Waals surface area contributed by atoms with Gasteiger partial charge in [0.2, 0.25) is 0 Å². The maximum absolute atomic E-state index is 13.1. The second-order valence-electron chi connectivity index (χ2n) is 7.91. The van der Waals surface area contributed by atoms with E-state index in [0.29, 0.717) is 17.2 Å². The smallest absolute Gasteiger partial charge is 0.251 e. The van der Waals surface area contributed by atoms with Crippen LogP contribution in [0.5, 0.6) is 0 Å². The number of carbonyl (C=O) groups excluding carboxylic acids is 1. The predicted molar refractivity (Wildman–Crippen MR) is 116 cm³/mol. The minimum Gasteiger partial charge on any atom is -0.349 e. The van der Waals surface area contributed by atoms with Gasteiger partial charge in [-0.25, -0.2) is 9.37 Å². The molecule has 1 aliphatic rings. The molecule has 1 saturated carbocycles. The zero-order valence-corrected chi connectivity index (χ0v) is 17.6. The average molecular weight is 412 g/mol. The quantitative estimate of drug-likeness (QED) is 0.579. The van der Waals surface area contributed by atoms with Gasteiger partial charge in [0.15, 0.2) is 5.16 Å². The highest BCUT2D eigenvalue weighted by Crippen LogP contribution is 2.27. The van der Waals surface area contributed by atoms with Gasteiger partial charge in [0.25, 0.3) is 5.91 Å². The van der Waals surface area contributed by atoms with Crippen molar-refractivity contribution in [2.24, 2.45) is 13.0 Å². The Morgan fingerprint density at radius 1 is 1.21 bits per heavy atom. The third-order valence-electron chi connectivity index (χ3n) is 5.81. The highest BCUT2D eigenvalue weighted by atomic mass is 32.2. The first-order valence-electron chi connectivity index (χ1n) is 10.2. The van der Waals surface area contributed by atoms with Crippen LogP contribution in [0.15, 0.2) is 47.6 Å². The van der Waals surface area contributed by atoms with Crippen LogP contribution >= 0.6 is 11.8 Å². The standard InChI is InChI=1S/C23H26FN3OS/c1-15-5-3-4-6-19(15)25-22(28)17-9-12-20-21(13-17)27(2)23(26-20)29-14-16-7-10-18(24)11-8-16/h7-13,15,19H,3-6,14H2,1-2H3,(H,25,28)/t15-,19+/m0/s1. The van der Waals surface area contributed by atoms with Crippen molar-refractivity contribution in [2.75, 3.05) is 0 Å². The number of thioether (sulfide) groups is 1. The molecule has 0 aliphatic heterocycles. The van der Waals surface area contributed by atoms with Crippen molar-refractivity contribution in [1.29, 1.82) is 0 Å². The summed E-state index contributed by atoms with van der Waals surface area (Å²) in [5.74, 6) is 1.01. The van der Waals surface area contributed by atoms with E-state index < -0.39 is 0 Å². The van der Waals surface area contributed by atoms with Crippen LogP contribution in [-0.4, -0.2) is 21.5 Å². The van der Waals surface area contributed by atoms with Crippen LogP contribution in [0, 0.1) is 11.7 Å². The van der Waals surface area contributed by atoms with E-state index in [0.717, 1.165) is 28.2 Å². The van der Waals surface area contributed by atoms with Crippen LogP contribution in [0.4, 0.5) is 4.39 Å². The molecule has 3 aromatic rings. The first-order chi connectivity index (χ1) is 14.0. The molecule has 0 unspecified atom stereocenters. The summed E-state index contributed by atoms with van der Waals surface area (Å²) in [6.45, 7) is 2.22. The summed E-state index contributed by atoms with van der Waals surface area (Å²) in [4.78, 5) is 17.5. The number of aryl methyl sites for hydroxylation is 1. The Balaban J connectivity index is 1.49. The van der Waals surface area contributed by atoms with Gasteiger partial charge in [-0.2, -0.15) is 0 Å². The molecule has 2 atom stereocenters. The predicted octanol–water partition coefficient (Wildman–Crippen LogP) is 5.31. The third-order valence-corrected chi connectivity index (χ3v) is 6.91. The molecule has 0 bridgehead atoms. The van der Waals surface area contributed by atoms with Gasteiger partial charge in [0.05, 0.1) is 11.0 Å². The second kappa shape index (κ2) is 8.57. The Labute approximate surface area is 174 Å². The number of fused-ring (bicyclic) bond motifs is 1. The van der Waals surface area contributed by atoms with Gasteiger partial charge >= 0.3 is 0 Å². The molecule has 1 aromatic heterocycles. The molecule has 0 saturated heterocycles. The van der Waals surface area contributed by atoms with E-state index in [1.165, 1.54) is 31.4 Å². The minimum absolute atomic E-state index is 0.00707. The van der Waals surface area contributed by atoms with E-state index in [9.17, 15) is 9.18 Å². The maximum atomic E-state index is 13.1. The van der Waals surface area contributed by atoms with E-state index in [4.69, 9.17) is 4.98 Å². The number of amides is 1. The number of rotatable bonds is 5. The number of imidazole rings is 1. The van der Waals surface area contributed by atoms with Gasteiger partial charge in [0, 0.05) is 24.4 Å². The minimum atomic E-state index is -0.227. The molecule has 29 heavy (non-hydrogen) atoms. The zero-order chi connectivity index (χ0) is 20.4. The van der Waals surface area contributed by atoms with Crippen molar-refractivity contribution < 1.29 is 9.18 Å². The summed E-state index contributed by atoms with van der Waals surface area (Å²) >= 11 is 1.60. The Hall–Kier alpha value is -2.34. The lowest BCUT2D eigenvalue weighted by Crippen LogP contribution is -2.41. The van der Waals surface area contributed by atoms with Crippen molar-refractivity contribution in [1.82, 2.24) is 14.9 Å². The number of halogens is 1. The lowest BCUT2D eigenvalue weighted by molar-refractivity contribution is 0.0910. The molecule has 0 radical (unpaired) electrons. The van der Waals surface area contributed by atoms with Crippen LogP contribution in [0.1, 0.15) is 48.5 Å².